The lowest BCUT2D eigenvalue weighted by Gasteiger charge is -2.09. The first-order chi connectivity index (χ1) is 6.77. The molecule has 0 aromatic rings. The molecule has 0 heterocycles. The SMILES string of the molecule is CO/C(=C\C(=O)C(Cl)(Cl)Cl)COC(C)=O. The summed E-state index contributed by atoms with van der Waals surface area (Å²) in [5.74, 6) is -1.17. The number of alkyl halides is 3. The fraction of sp³-hybridized carbons (Fsp3) is 0.500. The summed E-state index contributed by atoms with van der Waals surface area (Å²) in [6, 6.07) is 0. The van der Waals surface area contributed by atoms with Gasteiger partial charge in [-0.2, -0.15) is 0 Å². The van der Waals surface area contributed by atoms with Gasteiger partial charge in [-0.05, 0) is 0 Å². The Kier molecular flexibility index (Phi) is 6.02. The van der Waals surface area contributed by atoms with Gasteiger partial charge in [-0.25, -0.2) is 0 Å². The molecule has 0 bridgehead atoms. The van der Waals surface area contributed by atoms with Gasteiger partial charge in [0.25, 0.3) is 3.79 Å². The molecule has 4 nitrogen and oxygen atoms in total. The maximum atomic E-state index is 11.2. The molecule has 0 aromatic heterocycles. The fourth-order valence-electron chi connectivity index (χ4n) is 0.560. The van der Waals surface area contributed by atoms with Crippen LogP contribution in [0.2, 0.25) is 0 Å². The van der Waals surface area contributed by atoms with Crippen molar-refractivity contribution in [1.29, 1.82) is 0 Å². The Bertz CT molecular complexity index is 280. The number of methoxy groups -OCH3 is 1. The zero-order valence-electron chi connectivity index (χ0n) is 8.05. The second kappa shape index (κ2) is 6.20. The zero-order valence-corrected chi connectivity index (χ0v) is 10.3. The van der Waals surface area contributed by atoms with Gasteiger partial charge in [-0.15, -0.1) is 0 Å². The molecule has 0 radical (unpaired) electrons. The molecule has 0 amide bonds. The average Bonchev–Trinajstić information content (AvgIpc) is 2.09. The van der Waals surface area contributed by atoms with Gasteiger partial charge in [0.1, 0.15) is 12.4 Å². The van der Waals surface area contributed by atoms with E-state index >= 15 is 0 Å². The number of halogens is 3. The van der Waals surface area contributed by atoms with Gasteiger partial charge in [0.15, 0.2) is 0 Å². The van der Waals surface area contributed by atoms with Crippen LogP contribution in [0.15, 0.2) is 11.8 Å². The summed E-state index contributed by atoms with van der Waals surface area (Å²) >= 11 is 16.0. The Morgan fingerprint density at radius 1 is 1.33 bits per heavy atom. The van der Waals surface area contributed by atoms with E-state index in [1.807, 2.05) is 0 Å². The Balaban J connectivity index is 4.46. The number of allylic oxidation sites excluding steroid dienone is 1. The monoisotopic (exact) mass is 274 g/mol. The summed E-state index contributed by atoms with van der Waals surface area (Å²) in [5, 5.41) is 0. The zero-order chi connectivity index (χ0) is 12.1. The first kappa shape index (κ1) is 14.6. The molecule has 15 heavy (non-hydrogen) atoms. The van der Waals surface area contributed by atoms with Crippen LogP contribution < -0.4 is 0 Å². The van der Waals surface area contributed by atoms with Crippen LogP contribution in [0.25, 0.3) is 0 Å². The van der Waals surface area contributed by atoms with Crippen molar-refractivity contribution in [2.45, 2.75) is 10.7 Å². The quantitative estimate of drug-likeness (QED) is 0.341. The Labute approximate surface area is 102 Å². The van der Waals surface area contributed by atoms with Gasteiger partial charge in [0.05, 0.1) is 7.11 Å². The molecule has 0 N–H and O–H groups in total. The van der Waals surface area contributed by atoms with Gasteiger partial charge in [-0.1, -0.05) is 34.8 Å². The molecular formula is C8H9Cl3O4. The van der Waals surface area contributed by atoms with E-state index < -0.39 is 15.5 Å². The van der Waals surface area contributed by atoms with Crippen molar-refractivity contribution in [2.75, 3.05) is 13.7 Å². The van der Waals surface area contributed by atoms with E-state index in [0.717, 1.165) is 6.08 Å². The van der Waals surface area contributed by atoms with E-state index in [0.29, 0.717) is 0 Å². The van der Waals surface area contributed by atoms with E-state index in [1.54, 1.807) is 0 Å². The van der Waals surface area contributed by atoms with E-state index in [4.69, 9.17) is 39.5 Å². The van der Waals surface area contributed by atoms with Crippen LogP contribution in [-0.2, 0) is 19.1 Å². The minimum absolute atomic E-state index is 0.0986. The van der Waals surface area contributed by atoms with Crippen LogP contribution in [0.1, 0.15) is 6.92 Å². The van der Waals surface area contributed by atoms with Crippen LogP contribution >= 0.6 is 34.8 Å². The molecule has 7 heteroatoms. The van der Waals surface area contributed by atoms with Crippen molar-refractivity contribution < 1.29 is 19.1 Å². The molecule has 0 spiro atoms. The molecule has 0 rings (SSSR count). The summed E-state index contributed by atoms with van der Waals surface area (Å²) in [7, 11) is 1.31. The maximum absolute atomic E-state index is 11.2. The smallest absolute Gasteiger partial charge is 0.303 e. The van der Waals surface area contributed by atoms with Crippen molar-refractivity contribution in [1.82, 2.24) is 0 Å². The third-order valence-corrected chi connectivity index (χ3v) is 1.81. The lowest BCUT2D eigenvalue weighted by Crippen LogP contribution is -2.18. The second-order valence-electron chi connectivity index (χ2n) is 2.46. The van der Waals surface area contributed by atoms with Crippen molar-refractivity contribution in [3.8, 4) is 0 Å². The van der Waals surface area contributed by atoms with Crippen molar-refractivity contribution in [3.05, 3.63) is 11.8 Å². The molecule has 0 aliphatic heterocycles. The Morgan fingerprint density at radius 3 is 2.20 bits per heavy atom. The van der Waals surface area contributed by atoms with Gasteiger partial charge in [0, 0.05) is 13.0 Å². The van der Waals surface area contributed by atoms with E-state index in [2.05, 4.69) is 4.74 Å². The molecule has 0 unspecified atom stereocenters. The van der Waals surface area contributed by atoms with Gasteiger partial charge < -0.3 is 9.47 Å². The maximum Gasteiger partial charge on any atom is 0.303 e. The standard InChI is InChI=1S/C8H9Cl3O4/c1-5(12)15-4-6(14-2)3-7(13)8(9,10)11/h3H,4H2,1-2H3/b6-3-. The average molecular weight is 276 g/mol. The molecule has 0 saturated carbocycles. The minimum atomic E-state index is -2.04. The second-order valence-corrected chi connectivity index (χ2v) is 4.74. The lowest BCUT2D eigenvalue weighted by molar-refractivity contribution is -0.140. The summed E-state index contributed by atoms with van der Waals surface area (Å²) in [6.07, 6.45) is 0.968. The van der Waals surface area contributed by atoms with Gasteiger partial charge in [-0.3, -0.25) is 9.59 Å². The fourth-order valence-corrected chi connectivity index (χ4v) is 0.724. The van der Waals surface area contributed by atoms with Crippen LogP contribution in [0.3, 0.4) is 0 Å². The highest BCUT2D eigenvalue weighted by Gasteiger charge is 2.29. The number of ether oxygens (including phenoxy) is 2. The highest BCUT2D eigenvalue weighted by atomic mass is 35.6. The summed E-state index contributed by atoms with van der Waals surface area (Å²) < 4.78 is 7.31. The molecule has 0 saturated heterocycles. The van der Waals surface area contributed by atoms with Crippen LogP contribution in [0, 0.1) is 0 Å². The largest absolute Gasteiger partial charge is 0.497 e. The molecule has 0 fully saturated rings. The summed E-state index contributed by atoms with van der Waals surface area (Å²) in [6.45, 7) is 1.04. The van der Waals surface area contributed by atoms with E-state index in [-0.39, 0.29) is 12.4 Å². The number of rotatable bonds is 4. The van der Waals surface area contributed by atoms with Gasteiger partial charge in [0.2, 0.25) is 5.78 Å². The van der Waals surface area contributed by atoms with Crippen molar-refractivity contribution >= 4 is 46.6 Å². The highest BCUT2D eigenvalue weighted by molar-refractivity contribution is 6.77. The molecule has 0 aromatic carbocycles. The summed E-state index contributed by atoms with van der Waals surface area (Å²) in [5.41, 5.74) is 0. The first-order valence-electron chi connectivity index (χ1n) is 3.76. The predicted octanol–water partition coefficient (Wildman–Crippen LogP) is 2.02. The lowest BCUT2D eigenvalue weighted by atomic mass is 10.3. The minimum Gasteiger partial charge on any atom is -0.497 e. The number of esters is 1. The predicted molar refractivity (Wildman–Crippen MR) is 57.0 cm³/mol. The molecule has 0 atom stereocenters. The van der Waals surface area contributed by atoms with Crippen LogP contribution in [0.4, 0.5) is 0 Å². The van der Waals surface area contributed by atoms with E-state index in [1.165, 1.54) is 14.0 Å². The third-order valence-electron chi connectivity index (χ3n) is 1.25. The number of ketones is 1. The molecule has 0 aliphatic rings. The highest BCUT2D eigenvalue weighted by Crippen LogP contribution is 2.27. The third kappa shape index (κ3) is 6.60. The topological polar surface area (TPSA) is 52.6 Å². The first-order valence-corrected chi connectivity index (χ1v) is 4.90. The van der Waals surface area contributed by atoms with Crippen molar-refractivity contribution in [2.24, 2.45) is 0 Å². The van der Waals surface area contributed by atoms with E-state index in [9.17, 15) is 9.59 Å². The normalized spacial score (nSPS) is 12.2. The van der Waals surface area contributed by atoms with Crippen LogP contribution in [-0.4, -0.2) is 29.3 Å². The molecule has 0 aliphatic carbocycles. The molecular weight excluding hydrogens is 266 g/mol. The number of hydrogen-bond acceptors (Lipinski definition) is 4. The summed E-state index contributed by atoms with van der Waals surface area (Å²) in [4.78, 5) is 21.7. The van der Waals surface area contributed by atoms with Crippen molar-refractivity contribution in [3.63, 3.8) is 0 Å². The van der Waals surface area contributed by atoms with Crippen LogP contribution in [0.5, 0.6) is 0 Å². The number of carbonyl (C=O) groups excluding carboxylic acids is 2. The number of hydrogen-bond donors (Lipinski definition) is 0. The van der Waals surface area contributed by atoms with Gasteiger partial charge >= 0.3 is 5.97 Å². The molecule has 86 valence electrons. The Morgan fingerprint density at radius 2 is 1.87 bits per heavy atom. The number of carbonyl (C=O) groups is 2. The Hall–Kier alpha value is -0.450.